The normalized spacial score (nSPS) is 10.4. The summed E-state index contributed by atoms with van der Waals surface area (Å²) in [7, 11) is 0. The molecule has 0 bridgehead atoms. The maximum atomic E-state index is 13.7. The van der Waals surface area contributed by atoms with Crippen LogP contribution in [0.15, 0.2) is 67.0 Å². The van der Waals surface area contributed by atoms with E-state index in [0.717, 1.165) is 5.56 Å². The maximum absolute atomic E-state index is 13.7. The number of pyridine rings is 1. The number of aromatic nitrogens is 1. The number of benzene rings is 2. The fraction of sp³-hybridized carbons (Fsp3) is 0.0952. The molecule has 3 rings (SSSR count). The number of hydrogen-bond acceptors (Lipinski definition) is 3. The molecule has 0 saturated heterocycles. The summed E-state index contributed by atoms with van der Waals surface area (Å²) >= 11 is 0. The predicted molar refractivity (Wildman–Crippen MR) is 101 cm³/mol. The molecule has 2 N–H and O–H groups in total. The van der Waals surface area contributed by atoms with E-state index in [1.807, 2.05) is 0 Å². The summed E-state index contributed by atoms with van der Waals surface area (Å²) < 4.78 is 26.6. The van der Waals surface area contributed by atoms with Gasteiger partial charge in [0.2, 0.25) is 0 Å². The molecule has 0 aliphatic carbocycles. The van der Waals surface area contributed by atoms with E-state index in [4.69, 9.17) is 0 Å². The average molecular weight is 381 g/mol. The number of amides is 2. The summed E-state index contributed by atoms with van der Waals surface area (Å²) in [5, 5.41) is 5.17. The van der Waals surface area contributed by atoms with Crippen molar-refractivity contribution in [3.63, 3.8) is 0 Å². The van der Waals surface area contributed by atoms with Gasteiger partial charge in [0.05, 0.1) is 16.8 Å². The van der Waals surface area contributed by atoms with Crippen LogP contribution in [0.2, 0.25) is 0 Å². The van der Waals surface area contributed by atoms with Crippen molar-refractivity contribution >= 4 is 17.5 Å². The molecular weight excluding hydrogens is 364 g/mol. The Kier molecular flexibility index (Phi) is 6.06. The highest BCUT2D eigenvalue weighted by Crippen LogP contribution is 2.14. The zero-order chi connectivity index (χ0) is 19.9. The molecule has 0 aliphatic rings. The monoisotopic (exact) mass is 381 g/mol. The van der Waals surface area contributed by atoms with Crippen molar-refractivity contribution in [2.24, 2.45) is 0 Å². The molecule has 0 spiro atoms. The summed E-state index contributed by atoms with van der Waals surface area (Å²) in [5.74, 6) is -1.84. The second-order valence-electron chi connectivity index (χ2n) is 6.03. The van der Waals surface area contributed by atoms with Crippen LogP contribution in [0.4, 0.5) is 14.5 Å². The molecule has 0 aliphatic heterocycles. The molecule has 7 heteroatoms. The molecule has 142 valence electrons. The molecule has 1 aromatic heterocycles. The SMILES string of the molecule is O=C(NCCc1ccc(F)cc1)c1cncc(C(=O)Nc2ccccc2F)c1. The zero-order valence-electron chi connectivity index (χ0n) is 14.8. The molecule has 0 atom stereocenters. The summed E-state index contributed by atoms with van der Waals surface area (Å²) in [6.07, 6.45) is 3.17. The molecule has 0 saturated carbocycles. The van der Waals surface area contributed by atoms with Crippen LogP contribution in [-0.4, -0.2) is 23.3 Å². The number of nitrogens with zero attached hydrogens (tertiary/aromatic N) is 1. The van der Waals surface area contributed by atoms with E-state index in [0.29, 0.717) is 13.0 Å². The Bertz CT molecular complexity index is 991. The van der Waals surface area contributed by atoms with Gasteiger partial charge >= 0.3 is 0 Å². The first-order valence-electron chi connectivity index (χ1n) is 8.56. The molecule has 28 heavy (non-hydrogen) atoms. The summed E-state index contributed by atoms with van der Waals surface area (Å²) in [4.78, 5) is 28.5. The van der Waals surface area contributed by atoms with Crippen LogP contribution in [-0.2, 0) is 6.42 Å². The molecule has 2 amide bonds. The minimum Gasteiger partial charge on any atom is -0.352 e. The van der Waals surface area contributed by atoms with E-state index < -0.39 is 17.6 Å². The smallest absolute Gasteiger partial charge is 0.257 e. The first kappa shape index (κ1) is 19.2. The fourth-order valence-electron chi connectivity index (χ4n) is 2.52. The minimum atomic E-state index is -0.571. The minimum absolute atomic E-state index is 0.0432. The third-order valence-corrected chi connectivity index (χ3v) is 4.00. The second kappa shape index (κ2) is 8.85. The zero-order valence-corrected chi connectivity index (χ0v) is 14.8. The van der Waals surface area contributed by atoms with Crippen molar-refractivity contribution in [3.05, 3.63) is 95.3 Å². The maximum Gasteiger partial charge on any atom is 0.257 e. The van der Waals surface area contributed by atoms with E-state index in [-0.39, 0.29) is 22.6 Å². The Morgan fingerprint density at radius 2 is 1.57 bits per heavy atom. The third-order valence-electron chi connectivity index (χ3n) is 4.00. The van der Waals surface area contributed by atoms with Crippen molar-refractivity contribution in [2.45, 2.75) is 6.42 Å². The van der Waals surface area contributed by atoms with E-state index in [2.05, 4.69) is 15.6 Å². The second-order valence-corrected chi connectivity index (χ2v) is 6.03. The Balaban J connectivity index is 1.60. The number of para-hydroxylation sites is 1. The van der Waals surface area contributed by atoms with Crippen molar-refractivity contribution in [2.75, 3.05) is 11.9 Å². The van der Waals surface area contributed by atoms with Gasteiger partial charge in [-0.2, -0.15) is 0 Å². The number of carbonyl (C=O) groups excluding carboxylic acids is 2. The van der Waals surface area contributed by atoms with Crippen LogP contribution in [0, 0.1) is 11.6 Å². The number of anilines is 1. The third kappa shape index (κ3) is 4.97. The van der Waals surface area contributed by atoms with Crippen LogP contribution in [0.3, 0.4) is 0 Å². The topological polar surface area (TPSA) is 71.1 Å². The Labute approximate surface area is 160 Å². The first-order valence-corrected chi connectivity index (χ1v) is 8.56. The lowest BCUT2D eigenvalue weighted by molar-refractivity contribution is 0.0953. The highest BCUT2D eigenvalue weighted by atomic mass is 19.1. The van der Waals surface area contributed by atoms with Gasteiger partial charge in [0.25, 0.3) is 11.8 Å². The van der Waals surface area contributed by atoms with Crippen molar-refractivity contribution in [1.29, 1.82) is 0 Å². The van der Waals surface area contributed by atoms with Gasteiger partial charge < -0.3 is 10.6 Å². The number of nitrogens with one attached hydrogen (secondary N) is 2. The molecule has 0 unspecified atom stereocenters. The van der Waals surface area contributed by atoms with Gasteiger partial charge in [0, 0.05) is 18.9 Å². The van der Waals surface area contributed by atoms with Crippen molar-refractivity contribution < 1.29 is 18.4 Å². The van der Waals surface area contributed by atoms with Crippen LogP contribution in [0.25, 0.3) is 0 Å². The van der Waals surface area contributed by atoms with Gasteiger partial charge in [-0.1, -0.05) is 24.3 Å². The van der Waals surface area contributed by atoms with Crippen molar-refractivity contribution in [3.8, 4) is 0 Å². The standard InChI is InChI=1S/C21H17F2N3O2/c22-17-7-5-14(6-8-17)9-10-25-20(27)15-11-16(13-24-12-15)21(28)26-19-4-2-1-3-18(19)23/h1-8,11-13H,9-10H2,(H,25,27)(H,26,28). The van der Waals surface area contributed by atoms with E-state index in [9.17, 15) is 18.4 Å². The summed E-state index contributed by atoms with van der Waals surface area (Å²) in [5.41, 5.74) is 1.27. The number of carbonyl (C=O) groups is 2. The Morgan fingerprint density at radius 3 is 2.29 bits per heavy atom. The van der Waals surface area contributed by atoms with Crippen LogP contribution < -0.4 is 10.6 Å². The largest absolute Gasteiger partial charge is 0.352 e. The molecule has 1 heterocycles. The first-order chi connectivity index (χ1) is 13.5. The Morgan fingerprint density at radius 1 is 0.893 bits per heavy atom. The number of rotatable bonds is 6. The van der Waals surface area contributed by atoms with Gasteiger partial charge in [-0.05, 0) is 42.3 Å². The van der Waals surface area contributed by atoms with Crippen molar-refractivity contribution in [1.82, 2.24) is 10.3 Å². The molecular formula is C21H17F2N3O2. The van der Waals surface area contributed by atoms with Gasteiger partial charge in [-0.15, -0.1) is 0 Å². The van der Waals surface area contributed by atoms with E-state index in [1.54, 1.807) is 18.2 Å². The average Bonchev–Trinajstić information content (AvgIpc) is 2.71. The van der Waals surface area contributed by atoms with E-state index >= 15 is 0 Å². The quantitative estimate of drug-likeness (QED) is 0.686. The highest BCUT2D eigenvalue weighted by Gasteiger charge is 2.13. The van der Waals surface area contributed by atoms with Gasteiger partial charge in [0.15, 0.2) is 0 Å². The summed E-state index contributed by atoms with van der Waals surface area (Å²) in [6, 6.07) is 13.2. The fourth-order valence-corrected chi connectivity index (χ4v) is 2.52. The van der Waals surface area contributed by atoms with Gasteiger partial charge in [-0.3, -0.25) is 14.6 Å². The van der Waals surface area contributed by atoms with E-state index in [1.165, 1.54) is 48.8 Å². The van der Waals surface area contributed by atoms with Crippen LogP contribution >= 0.6 is 0 Å². The molecule has 0 fully saturated rings. The number of halogens is 2. The summed E-state index contributed by atoms with van der Waals surface area (Å²) in [6.45, 7) is 0.343. The van der Waals surface area contributed by atoms with Crippen LogP contribution in [0.1, 0.15) is 26.3 Å². The Hall–Kier alpha value is -3.61. The lowest BCUT2D eigenvalue weighted by Crippen LogP contribution is -2.26. The lowest BCUT2D eigenvalue weighted by atomic mass is 10.1. The molecule has 2 aromatic carbocycles. The van der Waals surface area contributed by atoms with Crippen LogP contribution in [0.5, 0.6) is 0 Å². The number of hydrogen-bond donors (Lipinski definition) is 2. The molecule has 5 nitrogen and oxygen atoms in total. The molecule has 3 aromatic rings. The predicted octanol–water partition coefficient (Wildman–Crippen LogP) is 3.58. The lowest BCUT2D eigenvalue weighted by Gasteiger charge is -2.08. The highest BCUT2D eigenvalue weighted by molar-refractivity contribution is 6.05. The van der Waals surface area contributed by atoms with Gasteiger partial charge in [-0.25, -0.2) is 8.78 Å². The van der Waals surface area contributed by atoms with Gasteiger partial charge in [0.1, 0.15) is 11.6 Å². The molecule has 0 radical (unpaired) electrons.